The Morgan fingerprint density at radius 2 is 1.83 bits per heavy atom. The Hall–Kier alpha value is -2.15. The second-order valence-electron chi connectivity index (χ2n) is 7.28. The van der Waals surface area contributed by atoms with Gasteiger partial charge in [0, 0.05) is 41.5 Å². The monoisotopic (exact) mass is 462 g/mol. The number of rotatable bonds is 6. The van der Waals surface area contributed by atoms with E-state index in [0.717, 1.165) is 22.6 Å². The largest absolute Gasteiger partial charge is 0.430 e. The summed E-state index contributed by atoms with van der Waals surface area (Å²) in [6.45, 7) is 8.17. The molecule has 3 aromatic rings. The van der Waals surface area contributed by atoms with Crippen LogP contribution in [0.4, 0.5) is 5.69 Å². The fourth-order valence-electron chi connectivity index (χ4n) is 2.90. The number of aromatic nitrogens is 2. The Labute approximate surface area is 191 Å². The molecule has 1 aromatic heterocycles. The van der Waals surface area contributed by atoms with E-state index < -0.39 is 0 Å². The van der Waals surface area contributed by atoms with E-state index in [1.807, 2.05) is 37.3 Å². The van der Waals surface area contributed by atoms with E-state index in [1.54, 1.807) is 13.1 Å². The summed E-state index contributed by atoms with van der Waals surface area (Å²) in [5, 5.41) is 5.03. The van der Waals surface area contributed by atoms with Crippen LogP contribution in [0, 0.1) is 12.8 Å². The van der Waals surface area contributed by atoms with Gasteiger partial charge in [0.15, 0.2) is 5.82 Å². The predicted octanol–water partition coefficient (Wildman–Crippen LogP) is 7.19. The van der Waals surface area contributed by atoms with Crippen molar-refractivity contribution in [1.29, 1.82) is 0 Å². The lowest BCUT2D eigenvalue weighted by Gasteiger charge is -2.15. The molecule has 158 valence electrons. The van der Waals surface area contributed by atoms with E-state index in [0.29, 0.717) is 26.8 Å². The standard InChI is InChI=1S/C22H24Cl2N4OS/c1-12(2)20(25-5)26-18-10-13(3)19(11-17(18)24)29-22-27-21(28-30-22)14(4)15-6-8-16(23)9-7-15/h6-12,14H,1-5H3,(H,25,26). The molecule has 30 heavy (non-hydrogen) atoms. The Morgan fingerprint density at radius 1 is 1.13 bits per heavy atom. The van der Waals surface area contributed by atoms with Gasteiger partial charge in [-0.1, -0.05) is 56.1 Å². The lowest BCUT2D eigenvalue weighted by molar-refractivity contribution is 0.473. The van der Waals surface area contributed by atoms with Crippen LogP contribution in [0.5, 0.6) is 10.9 Å². The summed E-state index contributed by atoms with van der Waals surface area (Å²) < 4.78 is 10.5. The number of hydrogen-bond donors (Lipinski definition) is 1. The molecule has 0 radical (unpaired) electrons. The van der Waals surface area contributed by atoms with Gasteiger partial charge in [-0.25, -0.2) is 0 Å². The molecule has 0 aliphatic carbocycles. The van der Waals surface area contributed by atoms with Crippen molar-refractivity contribution in [3.05, 3.63) is 63.4 Å². The molecule has 0 fully saturated rings. The average Bonchev–Trinajstić information content (AvgIpc) is 3.17. The second-order valence-corrected chi connectivity index (χ2v) is 8.84. The summed E-state index contributed by atoms with van der Waals surface area (Å²) in [5.74, 6) is 2.53. The van der Waals surface area contributed by atoms with Crippen molar-refractivity contribution in [2.24, 2.45) is 10.9 Å². The Bertz CT molecular complexity index is 1050. The SMILES string of the molecule is CN=C(Nc1cc(C)c(Oc2nc(C(C)c3ccc(Cl)cc3)ns2)cc1Cl)C(C)C. The number of nitrogens with one attached hydrogen (secondary N) is 1. The van der Waals surface area contributed by atoms with Crippen molar-refractivity contribution >= 4 is 46.3 Å². The topological polar surface area (TPSA) is 59.4 Å². The van der Waals surface area contributed by atoms with Crippen molar-refractivity contribution < 1.29 is 4.74 Å². The van der Waals surface area contributed by atoms with Crippen molar-refractivity contribution in [3.63, 3.8) is 0 Å². The number of nitrogens with zero attached hydrogens (tertiary/aromatic N) is 3. The molecule has 8 heteroatoms. The average molecular weight is 463 g/mol. The summed E-state index contributed by atoms with van der Waals surface area (Å²) in [4.78, 5) is 8.84. The first kappa shape index (κ1) is 22.5. The first-order chi connectivity index (χ1) is 14.3. The van der Waals surface area contributed by atoms with Gasteiger partial charge >= 0.3 is 0 Å². The quantitative estimate of drug-likeness (QED) is 0.310. The zero-order chi connectivity index (χ0) is 21.8. The van der Waals surface area contributed by atoms with E-state index in [9.17, 15) is 0 Å². The van der Waals surface area contributed by atoms with E-state index in [-0.39, 0.29) is 11.8 Å². The number of ether oxygens (including phenoxy) is 1. The molecule has 0 aliphatic rings. The van der Waals surface area contributed by atoms with Gasteiger partial charge in [0.2, 0.25) is 0 Å². The highest BCUT2D eigenvalue weighted by atomic mass is 35.5. The molecule has 3 rings (SSSR count). The molecule has 0 saturated carbocycles. The maximum Gasteiger partial charge on any atom is 0.298 e. The molecular formula is C22H24Cl2N4OS. The maximum absolute atomic E-state index is 6.48. The third-order valence-corrected chi connectivity index (χ3v) is 5.87. The molecule has 1 atom stereocenters. The first-order valence-corrected chi connectivity index (χ1v) is 11.1. The Kier molecular flexibility index (Phi) is 7.34. The number of aliphatic imine (C=N–C) groups is 1. The third kappa shape index (κ3) is 5.31. The fourth-order valence-corrected chi connectivity index (χ4v) is 3.86. The Balaban J connectivity index is 1.77. The predicted molar refractivity (Wildman–Crippen MR) is 127 cm³/mol. The smallest absolute Gasteiger partial charge is 0.298 e. The molecule has 0 aliphatic heterocycles. The number of benzene rings is 2. The minimum atomic E-state index is 0.0370. The number of hydrogen-bond acceptors (Lipinski definition) is 5. The van der Waals surface area contributed by atoms with Gasteiger partial charge in [-0.2, -0.15) is 9.36 Å². The highest BCUT2D eigenvalue weighted by Gasteiger charge is 2.17. The highest BCUT2D eigenvalue weighted by molar-refractivity contribution is 7.07. The number of halogens is 2. The van der Waals surface area contributed by atoms with Crippen molar-refractivity contribution in [2.45, 2.75) is 33.6 Å². The number of anilines is 1. The van der Waals surface area contributed by atoms with Crippen LogP contribution in [-0.2, 0) is 0 Å². The molecule has 2 aromatic carbocycles. The summed E-state index contributed by atoms with van der Waals surface area (Å²) in [6, 6.07) is 11.4. The van der Waals surface area contributed by atoms with Crippen LogP contribution in [0.2, 0.25) is 10.0 Å². The van der Waals surface area contributed by atoms with Gasteiger partial charge in [0.1, 0.15) is 11.6 Å². The Morgan fingerprint density at radius 3 is 2.47 bits per heavy atom. The highest BCUT2D eigenvalue weighted by Crippen LogP contribution is 2.35. The van der Waals surface area contributed by atoms with Crippen LogP contribution >= 0.6 is 34.7 Å². The van der Waals surface area contributed by atoms with Crippen molar-refractivity contribution in [3.8, 4) is 10.9 Å². The molecule has 0 amide bonds. The van der Waals surface area contributed by atoms with Crippen LogP contribution in [0.15, 0.2) is 41.4 Å². The van der Waals surface area contributed by atoms with Crippen LogP contribution in [-0.4, -0.2) is 22.2 Å². The molecule has 1 heterocycles. The third-order valence-electron chi connectivity index (χ3n) is 4.69. The summed E-state index contributed by atoms with van der Waals surface area (Å²) in [5.41, 5.74) is 2.82. The first-order valence-electron chi connectivity index (χ1n) is 9.59. The molecule has 0 spiro atoms. The van der Waals surface area contributed by atoms with Gasteiger partial charge in [-0.15, -0.1) is 0 Å². The molecule has 0 bridgehead atoms. The molecule has 5 nitrogen and oxygen atoms in total. The molecular weight excluding hydrogens is 439 g/mol. The lowest BCUT2D eigenvalue weighted by Crippen LogP contribution is -2.18. The van der Waals surface area contributed by atoms with Gasteiger partial charge in [-0.05, 0) is 36.2 Å². The number of aryl methyl sites for hydroxylation is 1. The number of amidine groups is 1. The van der Waals surface area contributed by atoms with Gasteiger partial charge < -0.3 is 10.1 Å². The normalized spacial score (nSPS) is 12.9. The fraction of sp³-hybridized carbons (Fsp3) is 0.318. The van der Waals surface area contributed by atoms with Gasteiger partial charge in [0.05, 0.1) is 10.7 Å². The van der Waals surface area contributed by atoms with E-state index in [4.69, 9.17) is 27.9 Å². The minimum absolute atomic E-state index is 0.0370. The zero-order valence-corrected chi connectivity index (χ0v) is 19.9. The molecule has 0 saturated heterocycles. The second kappa shape index (κ2) is 9.77. The van der Waals surface area contributed by atoms with E-state index >= 15 is 0 Å². The summed E-state index contributed by atoms with van der Waals surface area (Å²) >= 11 is 13.7. The van der Waals surface area contributed by atoms with Gasteiger partial charge in [-0.3, -0.25) is 4.99 Å². The lowest BCUT2D eigenvalue weighted by atomic mass is 10.0. The van der Waals surface area contributed by atoms with Gasteiger partial charge in [0.25, 0.3) is 5.19 Å². The summed E-state index contributed by atoms with van der Waals surface area (Å²) in [7, 11) is 1.76. The molecule has 1 N–H and O–H groups in total. The van der Waals surface area contributed by atoms with Crippen LogP contribution in [0.25, 0.3) is 0 Å². The summed E-state index contributed by atoms with van der Waals surface area (Å²) in [6.07, 6.45) is 0. The molecule has 1 unspecified atom stereocenters. The van der Waals surface area contributed by atoms with Crippen LogP contribution < -0.4 is 10.1 Å². The maximum atomic E-state index is 6.48. The van der Waals surface area contributed by atoms with Crippen molar-refractivity contribution in [2.75, 3.05) is 12.4 Å². The van der Waals surface area contributed by atoms with E-state index in [1.165, 1.54) is 11.5 Å². The van der Waals surface area contributed by atoms with Crippen molar-refractivity contribution in [1.82, 2.24) is 9.36 Å². The van der Waals surface area contributed by atoms with Crippen LogP contribution in [0.1, 0.15) is 43.6 Å². The van der Waals surface area contributed by atoms with Crippen LogP contribution in [0.3, 0.4) is 0 Å². The minimum Gasteiger partial charge on any atom is -0.430 e. The van der Waals surface area contributed by atoms with E-state index in [2.05, 4.69) is 40.4 Å². The zero-order valence-electron chi connectivity index (χ0n) is 17.5.